The molecule has 0 aromatic heterocycles. The van der Waals surface area contributed by atoms with E-state index < -0.39 is 8.11 Å². The average molecular weight is 228 g/mol. The van der Waals surface area contributed by atoms with Crippen molar-refractivity contribution in [1.82, 2.24) is 5.32 Å². The topological polar surface area (TPSA) is 12.0 Å². The molecule has 0 aliphatic heterocycles. The lowest BCUT2D eigenvalue weighted by molar-refractivity contribution is 0.709. The standard InChI is InChI=1S/C11H18ClNSi/c1-13-9-5-6-10-14(12)11-7-3-2-4-8-11/h2-4,7-8,13-14H,5-6,9-10H2,1H3. The Bertz CT molecular complexity index is 240. The molecule has 1 aromatic carbocycles. The van der Waals surface area contributed by atoms with Crippen LogP contribution in [0.25, 0.3) is 0 Å². The van der Waals surface area contributed by atoms with E-state index in [9.17, 15) is 0 Å². The zero-order valence-corrected chi connectivity index (χ0v) is 10.6. The van der Waals surface area contributed by atoms with Gasteiger partial charge in [-0.3, -0.25) is 0 Å². The van der Waals surface area contributed by atoms with Crippen molar-refractivity contribution in [2.75, 3.05) is 13.6 Å². The summed E-state index contributed by atoms with van der Waals surface area (Å²) in [5.41, 5.74) is 0. The molecule has 1 unspecified atom stereocenters. The maximum absolute atomic E-state index is 6.40. The van der Waals surface area contributed by atoms with Gasteiger partial charge < -0.3 is 5.32 Å². The molecular formula is C11H18ClNSi. The molecule has 78 valence electrons. The third-order valence-electron chi connectivity index (χ3n) is 2.30. The summed E-state index contributed by atoms with van der Waals surface area (Å²) in [6.07, 6.45) is 2.48. The third-order valence-corrected chi connectivity index (χ3v) is 5.73. The van der Waals surface area contributed by atoms with Gasteiger partial charge in [-0.05, 0) is 31.2 Å². The van der Waals surface area contributed by atoms with Crippen LogP contribution in [-0.4, -0.2) is 21.7 Å². The van der Waals surface area contributed by atoms with Crippen molar-refractivity contribution in [3.63, 3.8) is 0 Å². The Labute approximate surface area is 92.8 Å². The number of unbranched alkanes of at least 4 members (excludes halogenated alkanes) is 1. The smallest absolute Gasteiger partial charge is 0.171 e. The first kappa shape index (κ1) is 11.8. The molecule has 0 radical (unpaired) electrons. The van der Waals surface area contributed by atoms with Crippen molar-refractivity contribution in [3.8, 4) is 0 Å². The van der Waals surface area contributed by atoms with Gasteiger partial charge in [-0.25, -0.2) is 0 Å². The lowest BCUT2D eigenvalue weighted by Gasteiger charge is -2.07. The Hall–Kier alpha value is -0.313. The van der Waals surface area contributed by atoms with Crippen LogP contribution < -0.4 is 10.5 Å². The average Bonchev–Trinajstić information content (AvgIpc) is 2.25. The number of rotatable bonds is 6. The monoisotopic (exact) mass is 227 g/mol. The van der Waals surface area contributed by atoms with Crippen molar-refractivity contribution < 1.29 is 0 Å². The van der Waals surface area contributed by atoms with Gasteiger partial charge in [0.25, 0.3) is 0 Å². The highest BCUT2D eigenvalue weighted by atomic mass is 35.6. The number of hydrogen-bond donors (Lipinski definition) is 1. The predicted molar refractivity (Wildman–Crippen MR) is 67.0 cm³/mol. The summed E-state index contributed by atoms with van der Waals surface area (Å²) in [5.74, 6) is 0. The van der Waals surface area contributed by atoms with E-state index >= 15 is 0 Å². The fourth-order valence-corrected chi connectivity index (χ4v) is 3.97. The maximum atomic E-state index is 6.40. The maximum Gasteiger partial charge on any atom is 0.171 e. The Morgan fingerprint density at radius 3 is 2.57 bits per heavy atom. The Kier molecular flexibility index (Phi) is 5.92. The normalized spacial score (nSPS) is 12.7. The summed E-state index contributed by atoms with van der Waals surface area (Å²) in [6.45, 7) is 1.10. The van der Waals surface area contributed by atoms with Crippen molar-refractivity contribution >= 4 is 24.4 Å². The molecule has 0 heterocycles. The molecule has 0 amide bonds. The van der Waals surface area contributed by atoms with Crippen LogP contribution in [-0.2, 0) is 0 Å². The number of hydrogen-bond acceptors (Lipinski definition) is 1. The lowest BCUT2D eigenvalue weighted by Crippen LogP contribution is -2.23. The first-order chi connectivity index (χ1) is 6.84. The van der Waals surface area contributed by atoms with Crippen LogP contribution >= 0.6 is 11.1 Å². The summed E-state index contributed by atoms with van der Waals surface area (Å²) in [4.78, 5) is 0. The second-order valence-corrected chi connectivity index (χ2v) is 7.24. The van der Waals surface area contributed by atoms with Crippen LogP contribution in [0.3, 0.4) is 0 Å². The SMILES string of the molecule is CNCCCC[SiH](Cl)c1ccccc1. The first-order valence-corrected chi connectivity index (χ1v) is 8.32. The molecule has 0 saturated heterocycles. The molecule has 1 rings (SSSR count). The minimum atomic E-state index is -1.16. The molecule has 1 N–H and O–H groups in total. The predicted octanol–water partition coefficient (Wildman–Crippen LogP) is 1.86. The zero-order chi connectivity index (χ0) is 10.2. The van der Waals surface area contributed by atoms with Crippen molar-refractivity contribution in [1.29, 1.82) is 0 Å². The van der Waals surface area contributed by atoms with Crippen LogP contribution in [0.1, 0.15) is 12.8 Å². The van der Waals surface area contributed by atoms with E-state index in [1.807, 2.05) is 13.1 Å². The molecule has 14 heavy (non-hydrogen) atoms. The lowest BCUT2D eigenvalue weighted by atomic mass is 10.3. The largest absolute Gasteiger partial charge is 0.320 e. The van der Waals surface area contributed by atoms with Crippen LogP contribution in [0, 0.1) is 0 Å². The summed E-state index contributed by atoms with van der Waals surface area (Å²) < 4.78 is 0. The fourth-order valence-electron chi connectivity index (χ4n) is 1.45. The van der Waals surface area contributed by atoms with Gasteiger partial charge in [-0.2, -0.15) is 11.1 Å². The highest BCUT2D eigenvalue weighted by molar-refractivity contribution is 7.14. The third kappa shape index (κ3) is 4.27. The first-order valence-electron chi connectivity index (χ1n) is 5.18. The van der Waals surface area contributed by atoms with Gasteiger partial charge in [0.2, 0.25) is 0 Å². The second kappa shape index (κ2) is 7.04. The quantitative estimate of drug-likeness (QED) is 0.445. The summed E-state index contributed by atoms with van der Waals surface area (Å²) >= 11 is 6.40. The van der Waals surface area contributed by atoms with Gasteiger partial charge in [-0.15, -0.1) is 0 Å². The van der Waals surface area contributed by atoms with Gasteiger partial charge in [0.15, 0.2) is 8.11 Å². The van der Waals surface area contributed by atoms with Crippen LogP contribution in [0.2, 0.25) is 6.04 Å². The minimum Gasteiger partial charge on any atom is -0.320 e. The molecule has 1 nitrogen and oxygen atoms in total. The fraction of sp³-hybridized carbons (Fsp3) is 0.455. The summed E-state index contributed by atoms with van der Waals surface area (Å²) in [6, 6.07) is 11.7. The molecule has 0 bridgehead atoms. The molecule has 0 fully saturated rings. The Morgan fingerprint density at radius 2 is 1.93 bits per heavy atom. The van der Waals surface area contributed by atoms with E-state index in [1.165, 1.54) is 24.1 Å². The van der Waals surface area contributed by atoms with E-state index in [2.05, 4.69) is 29.6 Å². The van der Waals surface area contributed by atoms with Gasteiger partial charge in [0.1, 0.15) is 0 Å². The van der Waals surface area contributed by atoms with E-state index in [0.717, 1.165) is 6.54 Å². The number of nitrogens with one attached hydrogen (secondary N) is 1. The zero-order valence-electron chi connectivity index (χ0n) is 8.67. The van der Waals surface area contributed by atoms with Gasteiger partial charge in [0, 0.05) is 0 Å². The van der Waals surface area contributed by atoms with E-state index in [1.54, 1.807) is 0 Å². The highest BCUT2D eigenvalue weighted by Crippen LogP contribution is 2.05. The Morgan fingerprint density at radius 1 is 1.21 bits per heavy atom. The number of benzene rings is 1. The molecule has 0 spiro atoms. The van der Waals surface area contributed by atoms with Crippen LogP contribution in [0.15, 0.2) is 30.3 Å². The molecule has 0 aliphatic rings. The molecule has 0 aliphatic carbocycles. The Balaban J connectivity index is 2.25. The molecule has 3 heteroatoms. The van der Waals surface area contributed by atoms with Crippen molar-refractivity contribution in [2.45, 2.75) is 18.9 Å². The number of halogens is 1. The molecule has 1 aromatic rings. The minimum absolute atomic E-state index is 1.10. The van der Waals surface area contributed by atoms with Crippen molar-refractivity contribution in [2.24, 2.45) is 0 Å². The van der Waals surface area contributed by atoms with Crippen LogP contribution in [0.5, 0.6) is 0 Å². The highest BCUT2D eigenvalue weighted by Gasteiger charge is 2.08. The van der Waals surface area contributed by atoms with E-state index in [0.29, 0.717) is 0 Å². The van der Waals surface area contributed by atoms with Crippen molar-refractivity contribution in [3.05, 3.63) is 30.3 Å². The van der Waals surface area contributed by atoms with Gasteiger partial charge in [0.05, 0.1) is 0 Å². The molecule has 1 atom stereocenters. The second-order valence-electron chi connectivity index (χ2n) is 3.48. The summed E-state index contributed by atoms with van der Waals surface area (Å²) in [7, 11) is 0.834. The molecule has 0 saturated carbocycles. The van der Waals surface area contributed by atoms with E-state index in [-0.39, 0.29) is 0 Å². The van der Waals surface area contributed by atoms with E-state index in [4.69, 9.17) is 11.1 Å². The van der Waals surface area contributed by atoms with Gasteiger partial charge in [-0.1, -0.05) is 36.8 Å². The van der Waals surface area contributed by atoms with Gasteiger partial charge >= 0.3 is 0 Å². The van der Waals surface area contributed by atoms with Crippen LogP contribution in [0.4, 0.5) is 0 Å². The summed E-state index contributed by atoms with van der Waals surface area (Å²) in [5, 5.41) is 4.53. The molecular weight excluding hydrogens is 210 g/mol.